The van der Waals surface area contributed by atoms with Gasteiger partial charge in [0.15, 0.2) is 0 Å². The van der Waals surface area contributed by atoms with E-state index in [4.69, 9.17) is 9.47 Å². The maximum absolute atomic E-state index is 12.2. The number of hydrogen-bond acceptors (Lipinski definition) is 5. The number of esters is 1. The van der Waals surface area contributed by atoms with Gasteiger partial charge in [-0.25, -0.2) is 14.4 Å². The number of carboxylic acid groups (broad SMARTS) is 1. The van der Waals surface area contributed by atoms with Crippen molar-refractivity contribution in [1.82, 2.24) is 9.88 Å². The van der Waals surface area contributed by atoms with Crippen molar-refractivity contribution >= 4 is 45.0 Å². The van der Waals surface area contributed by atoms with E-state index in [1.54, 1.807) is 18.2 Å². The van der Waals surface area contributed by atoms with Crippen molar-refractivity contribution in [3.63, 3.8) is 0 Å². The molecule has 1 heterocycles. The number of methoxy groups -OCH3 is 1. The van der Waals surface area contributed by atoms with Gasteiger partial charge in [0.05, 0.1) is 12.6 Å². The zero-order valence-corrected chi connectivity index (χ0v) is 17.6. The van der Waals surface area contributed by atoms with Crippen molar-refractivity contribution in [2.24, 2.45) is 0 Å². The Balaban J connectivity index is 1.79. The quantitative estimate of drug-likeness (QED) is 0.524. The summed E-state index contributed by atoms with van der Waals surface area (Å²) in [6, 6.07) is 13.3. The summed E-state index contributed by atoms with van der Waals surface area (Å²) in [6.07, 6.45) is -0.481. The van der Waals surface area contributed by atoms with Crippen LogP contribution in [0.25, 0.3) is 10.9 Å². The van der Waals surface area contributed by atoms with E-state index >= 15 is 0 Å². The highest BCUT2D eigenvalue weighted by atomic mass is 79.9. The van der Waals surface area contributed by atoms with Crippen LogP contribution in [-0.2, 0) is 27.3 Å². The number of benzene rings is 2. The van der Waals surface area contributed by atoms with Gasteiger partial charge in [-0.2, -0.15) is 0 Å². The summed E-state index contributed by atoms with van der Waals surface area (Å²) in [6.45, 7) is 0.0485. The smallest absolute Gasteiger partial charge is 0.416 e. The molecule has 2 N–H and O–H groups in total. The normalized spacial score (nSPS) is 11.7. The number of fused-ring (bicyclic) bond motifs is 1. The molecular weight excluding hydrogens is 456 g/mol. The number of amides is 1. The van der Waals surface area contributed by atoms with Gasteiger partial charge in [0.2, 0.25) is 0 Å². The second-order valence-corrected chi connectivity index (χ2v) is 7.37. The topological polar surface area (TPSA) is 107 Å². The van der Waals surface area contributed by atoms with Gasteiger partial charge in [0, 0.05) is 22.5 Å². The first-order chi connectivity index (χ1) is 14.4. The minimum Gasteiger partial charge on any atom is -0.467 e. The van der Waals surface area contributed by atoms with E-state index in [-0.39, 0.29) is 13.0 Å². The SMILES string of the molecule is COC(=O)[C@H](Cc1cn(C(=O)O)c2cc(Br)ccc12)NC(=O)OCc1ccccc1. The Bertz CT molecular complexity index is 1080. The lowest BCUT2D eigenvalue weighted by atomic mass is 10.1. The molecule has 1 amide bonds. The first-order valence-electron chi connectivity index (χ1n) is 8.97. The Morgan fingerprint density at radius 3 is 2.57 bits per heavy atom. The maximum Gasteiger partial charge on any atom is 0.416 e. The third-order valence-corrected chi connectivity index (χ3v) is 4.96. The Labute approximate surface area is 180 Å². The Morgan fingerprint density at radius 2 is 1.90 bits per heavy atom. The van der Waals surface area contributed by atoms with Gasteiger partial charge >= 0.3 is 18.2 Å². The summed E-state index contributed by atoms with van der Waals surface area (Å²) < 4.78 is 11.8. The molecule has 8 nitrogen and oxygen atoms in total. The summed E-state index contributed by atoms with van der Waals surface area (Å²) in [5.74, 6) is -0.667. The van der Waals surface area contributed by atoms with Crippen LogP contribution in [0.3, 0.4) is 0 Å². The zero-order valence-electron chi connectivity index (χ0n) is 16.0. The fourth-order valence-corrected chi connectivity index (χ4v) is 3.40. The lowest BCUT2D eigenvalue weighted by Crippen LogP contribution is -2.43. The minimum absolute atomic E-state index is 0.0333. The van der Waals surface area contributed by atoms with Crippen LogP contribution in [0.4, 0.5) is 9.59 Å². The predicted octanol–water partition coefficient (Wildman–Crippen LogP) is 3.94. The molecule has 1 aromatic heterocycles. The van der Waals surface area contributed by atoms with Gasteiger partial charge in [0.1, 0.15) is 12.6 Å². The number of rotatable bonds is 6. The van der Waals surface area contributed by atoms with Crippen molar-refractivity contribution in [1.29, 1.82) is 0 Å². The average Bonchev–Trinajstić information content (AvgIpc) is 3.09. The molecule has 0 unspecified atom stereocenters. The van der Waals surface area contributed by atoms with Crippen molar-refractivity contribution in [3.8, 4) is 0 Å². The summed E-state index contributed by atoms with van der Waals surface area (Å²) in [5.41, 5.74) is 1.83. The van der Waals surface area contributed by atoms with Gasteiger partial charge in [0.25, 0.3) is 0 Å². The molecular formula is C21H19BrN2O6. The molecule has 0 saturated carbocycles. The lowest BCUT2D eigenvalue weighted by molar-refractivity contribution is -0.142. The standard InChI is InChI=1S/C21H19BrN2O6/c1-29-19(25)17(23-20(26)30-12-13-5-3-2-4-6-13)9-14-11-24(21(27)28)18-10-15(22)7-8-16(14)18/h2-8,10-11,17H,9,12H2,1H3,(H,23,26)(H,27,28)/t17-/m0/s1. The number of carbonyl (C=O) groups is 3. The van der Waals surface area contributed by atoms with Gasteiger partial charge in [-0.3, -0.25) is 4.57 Å². The Kier molecular flexibility index (Phi) is 6.73. The van der Waals surface area contributed by atoms with Crippen LogP contribution in [0.2, 0.25) is 0 Å². The van der Waals surface area contributed by atoms with E-state index in [1.807, 2.05) is 30.3 Å². The number of hydrogen-bond donors (Lipinski definition) is 2. The molecule has 0 radical (unpaired) electrons. The van der Waals surface area contributed by atoms with Gasteiger partial charge in [-0.05, 0) is 23.3 Å². The second kappa shape index (κ2) is 9.45. The monoisotopic (exact) mass is 474 g/mol. The van der Waals surface area contributed by atoms with Crippen molar-refractivity contribution in [3.05, 3.63) is 70.3 Å². The van der Waals surface area contributed by atoms with Gasteiger partial charge < -0.3 is 19.9 Å². The van der Waals surface area contributed by atoms with Crippen molar-refractivity contribution in [2.75, 3.05) is 7.11 Å². The molecule has 0 bridgehead atoms. The molecule has 156 valence electrons. The van der Waals surface area contributed by atoms with Crippen molar-refractivity contribution < 1.29 is 29.0 Å². The van der Waals surface area contributed by atoms with Crippen LogP contribution < -0.4 is 5.32 Å². The average molecular weight is 475 g/mol. The highest BCUT2D eigenvalue weighted by Gasteiger charge is 2.25. The summed E-state index contributed by atoms with van der Waals surface area (Å²) in [5, 5.41) is 12.6. The second-order valence-electron chi connectivity index (χ2n) is 6.45. The first-order valence-corrected chi connectivity index (χ1v) is 9.76. The minimum atomic E-state index is -1.16. The molecule has 2 aromatic carbocycles. The highest BCUT2D eigenvalue weighted by molar-refractivity contribution is 9.10. The van der Waals surface area contributed by atoms with Crippen LogP contribution in [-0.4, -0.2) is 41.0 Å². The van der Waals surface area contributed by atoms with Crippen LogP contribution in [0.5, 0.6) is 0 Å². The van der Waals surface area contributed by atoms with Crippen LogP contribution in [0, 0.1) is 0 Å². The Morgan fingerprint density at radius 1 is 1.17 bits per heavy atom. The lowest BCUT2D eigenvalue weighted by Gasteiger charge is -2.16. The maximum atomic E-state index is 12.2. The predicted molar refractivity (Wildman–Crippen MR) is 112 cm³/mol. The summed E-state index contributed by atoms with van der Waals surface area (Å²) >= 11 is 3.33. The molecule has 30 heavy (non-hydrogen) atoms. The molecule has 0 aliphatic rings. The zero-order chi connectivity index (χ0) is 21.7. The van der Waals surface area contributed by atoms with E-state index in [2.05, 4.69) is 21.2 Å². The van der Waals surface area contributed by atoms with E-state index in [9.17, 15) is 19.5 Å². The van der Waals surface area contributed by atoms with E-state index in [0.717, 1.165) is 10.1 Å². The molecule has 0 aliphatic heterocycles. The molecule has 9 heteroatoms. The fraction of sp³-hybridized carbons (Fsp3) is 0.190. The van der Waals surface area contributed by atoms with E-state index in [1.165, 1.54) is 13.3 Å². The van der Waals surface area contributed by atoms with Gasteiger partial charge in [-0.1, -0.05) is 52.3 Å². The van der Waals surface area contributed by atoms with Crippen LogP contribution >= 0.6 is 15.9 Å². The number of nitrogens with one attached hydrogen (secondary N) is 1. The number of alkyl carbamates (subject to hydrolysis) is 1. The number of ether oxygens (including phenoxy) is 2. The third kappa shape index (κ3) is 4.98. The largest absolute Gasteiger partial charge is 0.467 e. The molecule has 0 fully saturated rings. The molecule has 3 aromatic rings. The molecule has 3 rings (SSSR count). The summed E-state index contributed by atoms with van der Waals surface area (Å²) in [7, 11) is 1.21. The van der Waals surface area contributed by atoms with Crippen molar-refractivity contribution in [2.45, 2.75) is 19.1 Å². The molecule has 1 atom stereocenters. The highest BCUT2D eigenvalue weighted by Crippen LogP contribution is 2.26. The van der Waals surface area contributed by atoms with Gasteiger partial charge in [-0.15, -0.1) is 0 Å². The van der Waals surface area contributed by atoms with Crippen LogP contribution in [0.1, 0.15) is 11.1 Å². The summed E-state index contributed by atoms with van der Waals surface area (Å²) in [4.78, 5) is 36.0. The number of nitrogens with zero attached hydrogens (tertiary/aromatic N) is 1. The third-order valence-electron chi connectivity index (χ3n) is 4.47. The number of halogens is 1. The first kappa shape index (κ1) is 21.4. The molecule has 0 spiro atoms. The number of aromatic nitrogens is 1. The molecule has 0 aliphatic carbocycles. The number of carbonyl (C=O) groups excluding carboxylic acids is 2. The fourth-order valence-electron chi connectivity index (χ4n) is 3.05. The molecule has 0 saturated heterocycles. The Hall–Kier alpha value is -3.33. The van der Waals surface area contributed by atoms with E-state index < -0.39 is 24.2 Å². The van der Waals surface area contributed by atoms with Crippen LogP contribution in [0.15, 0.2) is 59.2 Å². The van der Waals surface area contributed by atoms with E-state index in [0.29, 0.717) is 20.9 Å².